The molecule has 0 spiro atoms. The van der Waals surface area contributed by atoms with Gasteiger partial charge in [-0.15, -0.1) is 0 Å². The van der Waals surface area contributed by atoms with E-state index in [-0.39, 0.29) is 0 Å². The summed E-state index contributed by atoms with van der Waals surface area (Å²) in [5.41, 5.74) is 2.96. The molecule has 4 N–H and O–H groups in total. The van der Waals surface area contributed by atoms with Crippen LogP contribution >= 0.6 is 0 Å². The molecule has 1 fully saturated rings. The molecule has 1 rings (SSSR count). The van der Waals surface area contributed by atoms with Crippen LogP contribution in [0.15, 0.2) is 4.99 Å². The van der Waals surface area contributed by atoms with Crippen LogP contribution in [0.5, 0.6) is 0 Å². The smallest absolute Gasteiger partial charge is 0.205 e. The number of aliphatic imine (C=N–C) groups is 1. The van der Waals surface area contributed by atoms with E-state index in [1.807, 2.05) is 0 Å². The van der Waals surface area contributed by atoms with E-state index in [4.69, 9.17) is 10.6 Å². The molecule has 1 aliphatic rings. The van der Waals surface area contributed by atoms with Gasteiger partial charge in [0.1, 0.15) is 0 Å². The summed E-state index contributed by atoms with van der Waals surface area (Å²) in [5, 5.41) is 3.08. The van der Waals surface area contributed by atoms with Crippen LogP contribution in [-0.2, 0) is 4.74 Å². The fraction of sp³-hybridized carbons (Fsp3) is 0.900. The molecule has 88 valence electrons. The molecule has 1 aliphatic carbocycles. The van der Waals surface area contributed by atoms with E-state index < -0.39 is 0 Å². The van der Waals surface area contributed by atoms with Crippen molar-refractivity contribution in [1.82, 2.24) is 10.7 Å². The molecule has 0 heterocycles. The Morgan fingerprint density at radius 1 is 1.53 bits per heavy atom. The summed E-state index contributed by atoms with van der Waals surface area (Å²) >= 11 is 0. The van der Waals surface area contributed by atoms with Gasteiger partial charge in [-0.05, 0) is 18.3 Å². The molecule has 0 amide bonds. The van der Waals surface area contributed by atoms with Crippen molar-refractivity contribution in [1.29, 1.82) is 0 Å². The maximum Gasteiger partial charge on any atom is 0.205 e. The van der Waals surface area contributed by atoms with Crippen molar-refractivity contribution in [2.45, 2.75) is 26.2 Å². The van der Waals surface area contributed by atoms with E-state index in [0.717, 1.165) is 13.1 Å². The Hall–Kier alpha value is -0.810. The van der Waals surface area contributed by atoms with Gasteiger partial charge in [-0.1, -0.05) is 13.3 Å². The molecule has 0 aromatic carbocycles. The molecule has 1 saturated carbocycles. The molecule has 0 aromatic heterocycles. The number of nitrogens with one attached hydrogen (secondary N) is 2. The second-order valence-corrected chi connectivity index (χ2v) is 4.39. The first kappa shape index (κ1) is 12.3. The minimum Gasteiger partial charge on any atom is -0.383 e. The second-order valence-electron chi connectivity index (χ2n) is 4.39. The van der Waals surface area contributed by atoms with E-state index in [2.05, 4.69) is 22.7 Å². The largest absolute Gasteiger partial charge is 0.383 e. The van der Waals surface area contributed by atoms with Gasteiger partial charge in [0.25, 0.3) is 0 Å². The van der Waals surface area contributed by atoms with E-state index in [9.17, 15) is 0 Å². The number of guanidine groups is 1. The van der Waals surface area contributed by atoms with Gasteiger partial charge in [-0.2, -0.15) is 0 Å². The van der Waals surface area contributed by atoms with Crippen molar-refractivity contribution in [3.8, 4) is 0 Å². The molecule has 0 atom stereocenters. The lowest BCUT2D eigenvalue weighted by molar-refractivity contribution is 0.173. The summed E-state index contributed by atoms with van der Waals surface area (Å²) in [7, 11) is 1.67. The Kier molecular flexibility index (Phi) is 4.84. The molecule has 5 nitrogen and oxygen atoms in total. The van der Waals surface area contributed by atoms with Crippen LogP contribution < -0.4 is 16.6 Å². The zero-order chi connectivity index (χ0) is 11.1. The molecule has 15 heavy (non-hydrogen) atoms. The Labute approximate surface area is 91.4 Å². The van der Waals surface area contributed by atoms with Crippen LogP contribution in [0, 0.1) is 5.41 Å². The molecule has 0 saturated heterocycles. The van der Waals surface area contributed by atoms with Gasteiger partial charge >= 0.3 is 0 Å². The summed E-state index contributed by atoms with van der Waals surface area (Å²) in [6.45, 7) is 4.48. The Morgan fingerprint density at radius 2 is 2.27 bits per heavy atom. The van der Waals surface area contributed by atoms with Crippen LogP contribution in [0.2, 0.25) is 0 Å². The Balaban J connectivity index is 2.26. The predicted molar refractivity (Wildman–Crippen MR) is 61.5 cm³/mol. The highest BCUT2D eigenvalue weighted by Crippen LogP contribution is 2.40. The number of hydrazine groups is 1. The topological polar surface area (TPSA) is 71.7 Å². The lowest BCUT2D eigenvalue weighted by atomic mass is 9.71. The van der Waals surface area contributed by atoms with Crippen LogP contribution in [0.4, 0.5) is 0 Å². The summed E-state index contributed by atoms with van der Waals surface area (Å²) in [6, 6.07) is 0. The number of hydrogen-bond acceptors (Lipinski definition) is 3. The van der Waals surface area contributed by atoms with Crippen LogP contribution in [0.25, 0.3) is 0 Å². The van der Waals surface area contributed by atoms with Crippen LogP contribution in [-0.4, -0.2) is 32.8 Å². The van der Waals surface area contributed by atoms with Crippen molar-refractivity contribution in [3.63, 3.8) is 0 Å². The lowest BCUT2D eigenvalue weighted by Crippen LogP contribution is -2.43. The molecule has 0 aliphatic heterocycles. The third-order valence-electron chi connectivity index (χ3n) is 2.91. The highest BCUT2D eigenvalue weighted by Gasteiger charge is 2.31. The number of nitrogens with zero attached hydrogens (tertiary/aromatic N) is 1. The second kappa shape index (κ2) is 5.92. The number of rotatable bonds is 5. The molecular weight excluding hydrogens is 192 g/mol. The van der Waals surface area contributed by atoms with Crippen molar-refractivity contribution in [2.75, 3.05) is 26.8 Å². The SMILES string of the molecule is COCCNC(=NCC1(C)CCC1)NN. The van der Waals surface area contributed by atoms with E-state index >= 15 is 0 Å². The normalized spacial score (nSPS) is 19.5. The van der Waals surface area contributed by atoms with Gasteiger partial charge in [-0.25, -0.2) is 5.84 Å². The van der Waals surface area contributed by atoms with Crippen molar-refractivity contribution in [2.24, 2.45) is 16.3 Å². The first-order chi connectivity index (χ1) is 7.20. The summed E-state index contributed by atoms with van der Waals surface area (Å²) in [5.74, 6) is 6.01. The summed E-state index contributed by atoms with van der Waals surface area (Å²) in [6.07, 6.45) is 3.87. The van der Waals surface area contributed by atoms with Gasteiger partial charge < -0.3 is 10.1 Å². The Morgan fingerprint density at radius 3 is 2.73 bits per heavy atom. The minimum atomic E-state index is 0.394. The third kappa shape index (κ3) is 4.05. The quantitative estimate of drug-likeness (QED) is 0.201. The average molecular weight is 214 g/mol. The molecule has 5 heteroatoms. The highest BCUT2D eigenvalue weighted by atomic mass is 16.5. The van der Waals surface area contributed by atoms with E-state index in [1.54, 1.807) is 7.11 Å². The molecule has 0 bridgehead atoms. The number of ether oxygens (including phenoxy) is 1. The molecule has 0 radical (unpaired) electrons. The number of methoxy groups -OCH3 is 1. The predicted octanol–water partition coefficient (Wildman–Crippen LogP) is 0.232. The maximum atomic E-state index is 5.36. The van der Waals surface area contributed by atoms with Gasteiger partial charge in [-0.3, -0.25) is 10.4 Å². The summed E-state index contributed by atoms with van der Waals surface area (Å²) < 4.78 is 4.93. The van der Waals surface area contributed by atoms with Crippen molar-refractivity contribution >= 4 is 5.96 Å². The van der Waals surface area contributed by atoms with Gasteiger partial charge in [0.2, 0.25) is 5.96 Å². The van der Waals surface area contributed by atoms with Crippen LogP contribution in [0.3, 0.4) is 0 Å². The zero-order valence-corrected chi connectivity index (χ0v) is 9.68. The molecule has 0 unspecified atom stereocenters. The highest BCUT2D eigenvalue weighted by molar-refractivity contribution is 5.79. The number of hydrogen-bond donors (Lipinski definition) is 3. The third-order valence-corrected chi connectivity index (χ3v) is 2.91. The monoisotopic (exact) mass is 214 g/mol. The van der Waals surface area contributed by atoms with Gasteiger partial charge in [0.05, 0.1) is 6.61 Å². The fourth-order valence-corrected chi connectivity index (χ4v) is 1.63. The minimum absolute atomic E-state index is 0.394. The van der Waals surface area contributed by atoms with Gasteiger partial charge in [0, 0.05) is 20.2 Å². The standard InChI is InChI=1S/C10H22N4O/c1-10(4-3-5-10)8-13-9(14-11)12-6-7-15-2/h3-8,11H2,1-2H3,(H2,12,13,14). The van der Waals surface area contributed by atoms with E-state index in [0.29, 0.717) is 18.0 Å². The maximum absolute atomic E-state index is 5.36. The summed E-state index contributed by atoms with van der Waals surface area (Å²) in [4.78, 5) is 4.42. The van der Waals surface area contributed by atoms with Crippen LogP contribution in [0.1, 0.15) is 26.2 Å². The first-order valence-corrected chi connectivity index (χ1v) is 5.44. The number of nitrogens with two attached hydrogens (primary N) is 1. The fourth-order valence-electron chi connectivity index (χ4n) is 1.63. The average Bonchev–Trinajstić information content (AvgIpc) is 2.20. The first-order valence-electron chi connectivity index (χ1n) is 5.44. The molecule has 0 aromatic rings. The van der Waals surface area contributed by atoms with Crippen molar-refractivity contribution in [3.05, 3.63) is 0 Å². The Bertz CT molecular complexity index is 213. The van der Waals surface area contributed by atoms with Gasteiger partial charge in [0.15, 0.2) is 0 Å². The molecular formula is C10H22N4O. The zero-order valence-electron chi connectivity index (χ0n) is 9.68. The van der Waals surface area contributed by atoms with Crippen molar-refractivity contribution < 1.29 is 4.74 Å². The van der Waals surface area contributed by atoms with E-state index in [1.165, 1.54) is 19.3 Å². The lowest BCUT2D eigenvalue weighted by Gasteiger charge is -2.36.